The maximum Gasteiger partial charge on any atom is 0.272 e. The van der Waals surface area contributed by atoms with Crippen molar-refractivity contribution in [1.82, 2.24) is 14.9 Å². The highest BCUT2D eigenvalue weighted by Crippen LogP contribution is 2.16. The number of halogens is 1. The van der Waals surface area contributed by atoms with Crippen molar-refractivity contribution in [3.8, 4) is 0 Å². The smallest absolute Gasteiger partial charge is 0.272 e. The largest absolute Gasteiger partial charge is 0.365 e. The summed E-state index contributed by atoms with van der Waals surface area (Å²) in [4.78, 5) is 21.8. The molecule has 6 heteroatoms. The van der Waals surface area contributed by atoms with E-state index in [0.717, 1.165) is 6.42 Å². The van der Waals surface area contributed by atoms with Crippen LogP contribution in [-0.2, 0) is 0 Å². The zero-order valence-electron chi connectivity index (χ0n) is 11.4. The first kappa shape index (κ1) is 13.5. The Morgan fingerprint density at radius 2 is 2.19 bits per heavy atom. The lowest BCUT2D eigenvalue weighted by Gasteiger charge is -2.17. The fraction of sp³-hybridized carbons (Fsp3) is 0.267. The van der Waals surface area contributed by atoms with Gasteiger partial charge in [0.2, 0.25) is 5.95 Å². The van der Waals surface area contributed by atoms with E-state index < -0.39 is 5.95 Å². The summed E-state index contributed by atoms with van der Waals surface area (Å²) in [7, 11) is 0. The molecule has 3 rings (SSSR count). The summed E-state index contributed by atoms with van der Waals surface area (Å²) in [5, 5.41) is 3.15. The second-order valence-electron chi connectivity index (χ2n) is 4.94. The number of carbonyl (C=O) groups is 1. The number of carbonyl (C=O) groups excluding carboxylic acids is 1. The van der Waals surface area contributed by atoms with Gasteiger partial charge in [-0.15, -0.1) is 0 Å². The van der Waals surface area contributed by atoms with Crippen LogP contribution in [0.3, 0.4) is 0 Å². The molecular formula is C15H15FN4O. The van der Waals surface area contributed by atoms with Gasteiger partial charge < -0.3 is 10.2 Å². The summed E-state index contributed by atoms with van der Waals surface area (Å²) in [5.41, 5.74) is 0.446. The lowest BCUT2D eigenvalue weighted by molar-refractivity contribution is 0.0786. The molecule has 0 bridgehead atoms. The van der Waals surface area contributed by atoms with Crippen molar-refractivity contribution in [1.29, 1.82) is 0 Å². The number of likely N-dealkylation sites (tertiary alicyclic amines) is 1. The van der Waals surface area contributed by atoms with E-state index in [0.29, 0.717) is 24.6 Å². The molecule has 108 valence electrons. The van der Waals surface area contributed by atoms with Gasteiger partial charge in [-0.1, -0.05) is 12.1 Å². The highest BCUT2D eigenvalue weighted by molar-refractivity contribution is 5.92. The van der Waals surface area contributed by atoms with E-state index in [-0.39, 0.29) is 11.9 Å². The van der Waals surface area contributed by atoms with Crippen LogP contribution in [-0.4, -0.2) is 39.9 Å². The average molecular weight is 286 g/mol. The molecule has 1 aliphatic heterocycles. The third-order valence-corrected chi connectivity index (χ3v) is 3.43. The normalized spacial score (nSPS) is 17.8. The number of nitrogens with zero attached hydrogens (tertiary/aromatic N) is 3. The topological polar surface area (TPSA) is 58.1 Å². The standard InChI is InChI=1S/C15H15FN4O/c16-13-5-3-6-14(19-13)18-11-7-9-20(10-11)15(21)12-4-1-2-8-17-12/h1-6,8,11H,7,9-10H2,(H,18,19). The van der Waals surface area contributed by atoms with Crippen molar-refractivity contribution in [2.45, 2.75) is 12.5 Å². The Kier molecular flexibility index (Phi) is 3.77. The Morgan fingerprint density at radius 3 is 2.95 bits per heavy atom. The van der Waals surface area contributed by atoms with E-state index in [1.807, 2.05) is 0 Å². The summed E-state index contributed by atoms with van der Waals surface area (Å²) >= 11 is 0. The second kappa shape index (κ2) is 5.87. The van der Waals surface area contributed by atoms with Gasteiger partial charge in [0.1, 0.15) is 11.5 Å². The van der Waals surface area contributed by atoms with Gasteiger partial charge >= 0.3 is 0 Å². The van der Waals surface area contributed by atoms with Crippen molar-refractivity contribution in [3.63, 3.8) is 0 Å². The van der Waals surface area contributed by atoms with Crippen LogP contribution in [0.4, 0.5) is 10.2 Å². The van der Waals surface area contributed by atoms with E-state index in [1.54, 1.807) is 41.4 Å². The molecule has 21 heavy (non-hydrogen) atoms. The predicted octanol–water partition coefficient (Wildman–Crippen LogP) is 1.94. The number of rotatable bonds is 3. The third kappa shape index (κ3) is 3.16. The van der Waals surface area contributed by atoms with Gasteiger partial charge in [0.15, 0.2) is 0 Å². The molecule has 1 atom stereocenters. The summed E-state index contributed by atoms with van der Waals surface area (Å²) in [6.07, 6.45) is 2.41. The highest BCUT2D eigenvalue weighted by atomic mass is 19.1. The molecule has 1 saturated heterocycles. The Bertz CT molecular complexity index is 635. The van der Waals surface area contributed by atoms with Gasteiger partial charge in [-0.3, -0.25) is 9.78 Å². The molecule has 2 aromatic rings. The molecule has 1 N–H and O–H groups in total. The number of pyridine rings is 2. The van der Waals surface area contributed by atoms with Gasteiger partial charge in [0.25, 0.3) is 5.91 Å². The number of amides is 1. The second-order valence-corrected chi connectivity index (χ2v) is 4.94. The fourth-order valence-electron chi connectivity index (χ4n) is 2.41. The monoisotopic (exact) mass is 286 g/mol. The molecule has 1 fully saturated rings. The summed E-state index contributed by atoms with van der Waals surface area (Å²) in [5.74, 6) is -0.0985. The molecule has 0 aromatic carbocycles. The van der Waals surface area contributed by atoms with Crippen LogP contribution >= 0.6 is 0 Å². The Balaban J connectivity index is 1.62. The van der Waals surface area contributed by atoms with Crippen molar-refractivity contribution in [3.05, 3.63) is 54.2 Å². The first-order valence-electron chi connectivity index (χ1n) is 6.82. The zero-order valence-corrected chi connectivity index (χ0v) is 11.4. The van der Waals surface area contributed by atoms with Crippen LogP contribution in [0.2, 0.25) is 0 Å². The number of aromatic nitrogens is 2. The van der Waals surface area contributed by atoms with Crippen LogP contribution in [0.1, 0.15) is 16.9 Å². The quantitative estimate of drug-likeness (QED) is 0.876. The molecule has 1 aliphatic rings. The summed E-state index contributed by atoms with van der Waals surface area (Å²) in [6, 6.07) is 9.98. The number of nitrogens with one attached hydrogen (secondary N) is 1. The van der Waals surface area contributed by atoms with E-state index in [2.05, 4.69) is 15.3 Å². The molecule has 1 amide bonds. The van der Waals surface area contributed by atoms with Gasteiger partial charge in [0, 0.05) is 25.3 Å². The fourth-order valence-corrected chi connectivity index (χ4v) is 2.41. The Hall–Kier alpha value is -2.50. The molecule has 2 aromatic heterocycles. The van der Waals surface area contributed by atoms with Crippen LogP contribution in [0.25, 0.3) is 0 Å². The van der Waals surface area contributed by atoms with Crippen LogP contribution in [0, 0.1) is 5.95 Å². The van der Waals surface area contributed by atoms with Crippen molar-refractivity contribution in [2.75, 3.05) is 18.4 Å². The van der Waals surface area contributed by atoms with Crippen LogP contribution < -0.4 is 5.32 Å². The first-order chi connectivity index (χ1) is 10.2. The van der Waals surface area contributed by atoms with E-state index in [4.69, 9.17) is 0 Å². The van der Waals surface area contributed by atoms with Gasteiger partial charge in [-0.05, 0) is 30.7 Å². The minimum atomic E-state index is -0.514. The van der Waals surface area contributed by atoms with E-state index in [9.17, 15) is 9.18 Å². The molecule has 1 unspecified atom stereocenters. The van der Waals surface area contributed by atoms with Crippen LogP contribution in [0.5, 0.6) is 0 Å². The maximum atomic E-state index is 13.0. The predicted molar refractivity (Wildman–Crippen MR) is 76.4 cm³/mol. The minimum absolute atomic E-state index is 0.0759. The molecule has 5 nitrogen and oxygen atoms in total. The van der Waals surface area contributed by atoms with E-state index in [1.165, 1.54) is 6.07 Å². The van der Waals surface area contributed by atoms with Crippen molar-refractivity contribution >= 4 is 11.7 Å². The van der Waals surface area contributed by atoms with E-state index >= 15 is 0 Å². The lowest BCUT2D eigenvalue weighted by atomic mass is 10.2. The van der Waals surface area contributed by atoms with Gasteiger partial charge in [0.05, 0.1) is 0 Å². The zero-order chi connectivity index (χ0) is 14.7. The molecule has 3 heterocycles. The lowest BCUT2D eigenvalue weighted by Crippen LogP contribution is -2.32. The average Bonchev–Trinajstić information content (AvgIpc) is 2.96. The number of anilines is 1. The number of hydrogen-bond donors (Lipinski definition) is 1. The molecule has 0 spiro atoms. The SMILES string of the molecule is O=C(c1ccccn1)N1CCC(Nc2cccc(F)n2)C1. The molecule has 0 aliphatic carbocycles. The molecular weight excluding hydrogens is 271 g/mol. The number of hydrogen-bond acceptors (Lipinski definition) is 4. The van der Waals surface area contributed by atoms with Gasteiger partial charge in [-0.25, -0.2) is 4.98 Å². The highest BCUT2D eigenvalue weighted by Gasteiger charge is 2.27. The molecule has 0 saturated carbocycles. The Morgan fingerprint density at radius 1 is 1.29 bits per heavy atom. The van der Waals surface area contributed by atoms with Crippen molar-refractivity contribution < 1.29 is 9.18 Å². The minimum Gasteiger partial charge on any atom is -0.365 e. The van der Waals surface area contributed by atoms with Gasteiger partial charge in [-0.2, -0.15) is 4.39 Å². The van der Waals surface area contributed by atoms with Crippen LogP contribution in [0.15, 0.2) is 42.6 Å². The third-order valence-electron chi connectivity index (χ3n) is 3.43. The maximum absolute atomic E-state index is 13.0. The molecule has 0 radical (unpaired) electrons. The summed E-state index contributed by atoms with van der Waals surface area (Å²) in [6.45, 7) is 1.22. The summed E-state index contributed by atoms with van der Waals surface area (Å²) < 4.78 is 13.0. The Labute approximate surface area is 121 Å². The first-order valence-corrected chi connectivity index (χ1v) is 6.82. The van der Waals surface area contributed by atoms with Crippen molar-refractivity contribution in [2.24, 2.45) is 0 Å².